The summed E-state index contributed by atoms with van der Waals surface area (Å²) in [5.41, 5.74) is 10.8. The number of nitrogens with two attached hydrogens (primary N) is 1. The molecule has 1 saturated heterocycles. The number of methoxy groups -OCH3 is 2. The van der Waals surface area contributed by atoms with Crippen molar-refractivity contribution in [3.8, 4) is 22.8 Å². The molecule has 0 spiro atoms. The largest absolute Gasteiger partial charge is 0.493 e. The first kappa shape index (κ1) is 21.2. The van der Waals surface area contributed by atoms with Crippen LogP contribution in [0.25, 0.3) is 22.2 Å². The van der Waals surface area contributed by atoms with E-state index in [2.05, 4.69) is 45.9 Å². The number of piperazine rings is 1. The van der Waals surface area contributed by atoms with Gasteiger partial charge in [-0.25, -0.2) is 4.98 Å². The van der Waals surface area contributed by atoms with Crippen LogP contribution in [0.2, 0.25) is 0 Å². The average Bonchev–Trinajstić information content (AvgIpc) is 2.83. The number of aromatic nitrogens is 1. The molecule has 1 aliphatic heterocycles. The molecule has 7 heteroatoms. The smallest absolute Gasteiger partial charge is 0.162 e. The first-order valence-electron chi connectivity index (χ1n) is 10.8. The summed E-state index contributed by atoms with van der Waals surface area (Å²) in [6.07, 6.45) is 0.895. The van der Waals surface area contributed by atoms with E-state index < -0.39 is 0 Å². The Morgan fingerprint density at radius 2 is 1.74 bits per heavy atom. The van der Waals surface area contributed by atoms with Gasteiger partial charge in [-0.3, -0.25) is 0 Å². The number of ether oxygens (including phenoxy) is 2. The summed E-state index contributed by atoms with van der Waals surface area (Å²) >= 11 is 0. The highest BCUT2D eigenvalue weighted by Crippen LogP contribution is 2.37. The quantitative estimate of drug-likeness (QED) is 0.482. The van der Waals surface area contributed by atoms with Crippen LogP contribution < -0.4 is 30.7 Å². The van der Waals surface area contributed by atoms with E-state index in [9.17, 15) is 0 Å². The normalized spacial score (nSPS) is 14.0. The average molecular weight is 422 g/mol. The maximum absolute atomic E-state index is 5.69. The van der Waals surface area contributed by atoms with Crippen molar-refractivity contribution in [2.45, 2.75) is 6.42 Å². The number of anilines is 2. The number of fused-ring (bicyclic) bond motifs is 1. The third-order valence-corrected chi connectivity index (χ3v) is 5.66. The minimum absolute atomic E-state index is 0.646. The van der Waals surface area contributed by atoms with Gasteiger partial charge in [0.2, 0.25) is 0 Å². The number of rotatable bonds is 8. The number of nitrogens with one attached hydrogen (secondary N) is 2. The van der Waals surface area contributed by atoms with Crippen molar-refractivity contribution in [2.75, 3.05) is 63.7 Å². The number of nitrogens with zero attached hydrogens (tertiary/aromatic N) is 2. The molecule has 2 aromatic carbocycles. The number of benzene rings is 2. The van der Waals surface area contributed by atoms with Crippen molar-refractivity contribution < 1.29 is 9.47 Å². The second-order valence-corrected chi connectivity index (χ2v) is 7.63. The summed E-state index contributed by atoms with van der Waals surface area (Å²) in [6, 6.07) is 14.7. The van der Waals surface area contributed by atoms with Gasteiger partial charge in [0.25, 0.3) is 0 Å². The molecule has 164 valence electrons. The zero-order valence-corrected chi connectivity index (χ0v) is 18.3. The van der Waals surface area contributed by atoms with Crippen molar-refractivity contribution in [1.29, 1.82) is 0 Å². The van der Waals surface area contributed by atoms with E-state index in [4.69, 9.17) is 20.2 Å². The molecule has 2 heterocycles. The molecule has 0 aliphatic carbocycles. The molecule has 0 radical (unpaired) electrons. The van der Waals surface area contributed by atoms with Gasteiger partial charge in [0, 0.05) is 61.1 Å². The van der Waals surface area contributed by atoms with Crippen molar-refractivity contribution >= 4 is 22.3 Å². The molecule has 0 unspecified atom stereocenters. The fourth-order valence-corrected chi connectivity index (χ4v) is 3.94. The maximum Gasteiger partial charge on any atom is 0.162 e. The highest BCUT2D eigenvalue weighted by atomic mass is 16.5. The SMILES string of the molecule is COc1cc2nc(-c3ccc(N4CCNCC4)cc3)cc(NCCCN)c2cc1OC. The molecule has 4 N–H and O–H groups in total. The van der Waals surface area contributed by atoms with Gasteiger partial charge in [0.1, 0.15) is 0 Å². The predicted octanol–water partition coefficient (Wildman–Crippen LogP) is 3.09. The molecule has 0 amide bonds. The van der Waals surface area contributed by atoms with E-state index in [1.165, 1.54) is 5.69 Å². The zero-order chi connectivity index (χ0) is 21.6. The van der Waals surface area contributed by atoms with Crippen LogP contribution in [0.3, 0.4) is 0 Å². The van der Waals surface area contributed by atoms with Crippen LogP contribution in [0.4, 0.5) is 11.4 Å². The van der Waals surface area contributed by atoms with E-state index in [0.717, 1.165) is 67.0 Å². The summed E-state index contributed by atoms with van der Waals surface area (Å²) in [7, 11) is 3.29. The molecular weight excluding hydrogens is 390 g/mol. The fourth-order valence-electron chi connectivity index (χ4n) is 3.94. The molecule has 1 fully saturated rings. The highest BCUT2D eigenvalue weighted by Gasteiger charge is 2.14. The third-order valence-electron chi connectivity index (χ3n) is 5.66. The van der Waals surface area contributed by atoms with E-state index in [0.29, 0.717) is 18.0 Å². The van der Waals surface area contributed by atoms with Gasteiger partial charge in [0.05, 0.1) is 25.4 Å². The Balaban J connectivity index is 1.72. The highest BCUT2D eigenvalue weighted by molar-refractivity contribution is 5.96. The van der Waals surface area contributed by atoms with Crippen molar-refractivity contribution in [2.24, 2.45) is 5.73 Å². The van der Waals surface area contributed by atoms with E-state index >= 15 is 0 Å². The number of hydrogen-bond donors (Lipinski definition) is 3. The standard InChI is InChI=1S/C24H31N5O2/c1-30-23-14-19-21(27-9-3-8-25)15-20(28-22(19)16-24(23)31-2)17-4-6-18(7-5-17)29-12-10-26-11-13-29/h4-7,14-16,26H,3,8-13,25H2,1-2H3,(H,27,28). The molecule has 4 rings (SSSR count). The van der Waals surface area contributed by atoms with Crippen molar-refractivity contribution in [3.63, 3.8) is 0 Å². The van der Waals surface area contributed by atoms with Gasteiger partial charge < -0.3 is 30.7 Å². The number of hydrogen-bond acceptors (Lipinski definition) is 7. The molecule has 1 aliphatic rings. The molecular formula is C24H31N5O2. The van der Waals surface area contributed by atoms with Gasteiger partial charge in [-0.2, -0.15) is 0 Å². The predicted molar refractivity (Wildman–Crippen MR) is 128 cm³/mol. The Labute approximate surface area is 183 Å². The maximum atomic E-state index is 5.69. The topological polar surface area (TPSA) is 84.7 Å². The Hall–Kier alpha value is -3.03. The Bertz CT molecular complexity index is 1020. The lowest BCUT2D eigenvalue weighted by Crippen LogP contribution is -2.43. The fraction of sp³-hybridized carbons (Fsp3) is 0.375. The minimum atomic E-state index is 0.646. The lowest BCUT2D eigenvalue weighted by Gasteiger charge is -2.29. The summed E-state index contributed by atoms with van der Waals surface area (Å²) < 4.78 is 11.0. The van der Waals surface area contributed by atoms with Gasteiger partial charge >= 0.3 is 0 Å². The van der Waals surface area contributed by atoms with Crippen molar-refractivity contribution in [1.82, 2.24) is 10.3 Å². The Morgan fingerprint density at radius 3 is 2.42 bits per heavy atom. The molecule has 1 aromatic heterocycles. The van der Waals surface area contributed by atoms with Crippen LogP contribution in [0.1, 0.15) is 6.42 Å². The van der Waals surface area contributed by atoms with Crippen LogP contribution in [0, 0.1) is 0 Å². The van der Waals surface area contributed by atoms with E-state index in [-0.39, 0.29) is 0 Å². The van der Waals surface area contributed by atoms with Crippen LogP contribution >= 0.6 is 0 Å². The van der Waals surface area contributed by atoms with Gasteiger partial charge in [-0.05, 0) is 37.2 Å². The van der Waals surface area contributed by atoms with Gasteiger partial charge in [0.15, 0.2) is 11.5 Å². The number of pyridine rings is 1. The van der Waals surface area contributed by atoms with Crippen LogP contribution in [-0.4, -0.2) is 58.5 Å². The van der Waals surface area contributed by atoms with E-state index in [1.807, 2.05) is 12.1 Å². The summed E-state index contributed by atoms with van der Waals surface area (Å²) in [5, 5.41) is 7.91. The zero-order valence-electron chi connectivity index (χ0n) is 18.3. The molecule has 3 aromatic rings. The van der Waals surface area contributed by atoms with E-state index in [1.54, 1.807) is 14.2 Å². The van der Waals surface area contributed by atoms with Crippen LogP contribution in [0.5, 0.6) is 11.5 Å². The molecule has 0 atom stereocenters. The second kappa shape index (κ2) is 9.85. The summed E-state index contributed by atoms with van der Waals surface area (Å²) in [4.78, 5) is 7.34. The third kappa shape index (κ3) is 4.68. The molecule has 31 heavy (non-hydrogen) atoms. The van der Waals surface area contributed by atoms with Crippen molar-refractivity contribution in [3.05, 3.63) is 42.5 Å². The first-order valence-corrected chi connectivity index (χ1v) is 10.8. The van der Waals surface area contributed by atoms with Crippen LogP contribution in [-0.2, 0) is 0 Å². The molecule has 0 saturated carbocycles. The summed E-state index contributed by atoms with van der Waals surface area (Å²) in [6.45, 7) is 5.56. The Morgan fingerprint density at radius 1 is 1.03 bits per heavy atom. The molecule has 0 bridgehead atoms. The molecule has 7 nitrogen and oxygen atoms in total. The monoisotopic (exact) mass is 421 g/mol. The van der Waals surface area contributed by atoms with Gasteiger partial charge in [-0.1, -0.05) is 12.1 Å². The second-order valence-electron chi connectivity index (χ2n) is 7.63. The summed E-state index contributed by atoms with van der Waals surface area (Å²) in [5.74, 6) is 1.36. The lowest BCUT2D eigenvalue weighted by molar-refractivity contribution is 0.356. The minimum Gasteiger partial charge on any atom is -0.493 e. The van der Waals surface area contributed by atoms with Gasteiger partial charge in [-0.15, -0.1) is 0 Å². The van der Waals surface area contributed by atoms with Crippen LogP contribution in [0.15, 0.2) is 42.5 Å². The first-order chi connectivity index (χ1) is 15.2. The lowest BCUT2D eigenvalue weighted by atomic mass is 10.1. The Kier molecular flexibility index (Phi) is 6.74.